The van der Waals surface area contributed by atoms with Gasteiger partial charge in [0.1, 0.15) is 0 Å². The molecule has 2 fully saturated rings. The van der Waals surface area contributed by atoms with Gasteiger partial charge in [0.25, 0.3) is 0 Å². The average Bonchev–Trinajstić information content (AvgIpc) is 3.21. The number of likely N-dealkylation sites (tertiary alicyclic amines) is 1. The minimum absolute atomic E-state index is 0.101. The van der Waals surface area contributed by atoms with E-state index in [1.807, 2.05) is 0 Å². The van der Waals surface area contributed by atoms with Crippen LogP contribution in [0.15, 0.2) is 0 Å². The van der Waals surface area contributed by atoms with Crippen LogP contribution in [0.4, 0.5) is 0 Å². The van der Waals surface area contributed by atoms with Crippen LogP contribution in [0.2, 0.25) is 0 Å². The monoisotopic (exact) mass is 255 g/mol. The minimum atomic E-state index is 0.101. The summed E-state index contributed by atoms with van der Waals surface area (Å²) in [6, 6.07) is 0.667. The van der Waals surface area contributed by atoms with Crippen LogP contribution in [-0.4, -0.2) is 68.8 Å². The third-order valence-corrected chi connectivity index (χ3v) is 4.84. The summed E-state index contributed by atoms with van der Waals surface area (Å²) in [5.74, 6) is 0.753. The second-order valence-electron chi connectivity index (χ2n) is 6.22. The fraction of sp³-hybridized carbons (Fsp3) is 1.00. The molecule has 2 atom stereocenters. The van der Waals surface area contributed by atoms with E-state index in [2.05, 4.69) is 23.9 Å². The van der Waals surface area contributed by atoms with Crippen molar-refractivity contribution in [3.8, 4) is 0 Å². The van der Waals surface area contributed by atoms with Gasteiger partial charge in [-0.3, -0.25) is 4.90 Å². The SMILES string of the molecule is COCC(CN)(C1CC1)N1CCCC(N(C)C)C1. The van der Waals surface area contributed by atoms with Crippen molar-refractivity contribution in [3.63, 3.8) is 0 Å². The number of nitrogens with zero attached hydrogens (tertiary/aromatic N) is 2. The van der Waals surface area contributed by atoms with E-state index in [0.29, 0.717) is 6.04 Å². The molecule has 0 radical (unpaired) electrons. The molecule has 0 aromatic carbocycles. The summed E-state index contributed by atoms with van der Waals surface area (Å²) in [5.41, 5.74) is 6.25. The van der Waals surface area contributed by atoms with E-state index in [1.165, 1.54) is 32.2 Å². The summed E-state index contributed by atoms with van der Waals surface area (Å²) in [5, 5.41) is 0. The number of likely N-dealkylation sites (N-methyl/N-ethyl adjacent to an activating group) is 1. The number of nitrogens with two attached hydrogens (primary N) is 1. The Balaban J connectivity index is 2.09. The van der Waals surface area contributed by atoms with Crippen molar-refractivity contribution in [2.24, 2.45) is 11.7 Å². The van der Waals surface area contributed by atoms with E-state index in [0.717, 1.165) is 25.6 Å². The van der Waals surface area contributed by atoms with Gasteiger partial charge in [-0.05, 0) is 52.2 Å². The van der Waals surface area contributed by atoms with Crippen LogP contribution in [-0.2, 0) is 4.74 Å². The smallest absolute Gasteiger partial charge is 0.0661 e. The molecule has 0 aromatic rings. The van der Waals surface area contributed by atoms with Crippen LogP contribution in [0.5, 0.6) is 0 Å². The lowest BCUT2D eigenvalue weighted by atomic mass is 9.88. The molecule has 0 spiro atoms. The van der Waals surface area contributed by atoms with E-state index in [1.54, 1.807) is 7.11 Å². The number of rotatable bonds is 6. The molecule has 2 aliphatic rings. The highest BCUT2D eigenvalue weighted by Gasteiger charge is 2.49. The molecule has 1 heterocycles. The fourth-order valence-electron chi connectivity index (χ4n) is 3.47. The molecule has 1 aliphatic heterocycles. The summed E-state index contributed by atoms with van der Waals surface area (Å²) < 4.78 is 5.51. The standard InChI is InChI=1S/C14H29N3O/c1-16(2)13-5-4-8-17(9-13)14(10-15,11-18-3)12-6-7-12/h12-13H,4-11,15H2,1-3H3. The van der Waals surface area contributed by atoms with Gasteiger partial charge in [0, 0.05) is 26.2 Å². The van der Waals surface area contributed by atoms with Crippen LogP contribution >= 0.6 is 0 Å². The van der Waals surface area contributed by atoms with Crippen molar-refractivity contribution < 1.29 is 4.74 Å². The van der Waals surface area contributed by atoms with Gasteiger partial charge in [-0.25, -0.2) is 0 Å². The Morgan fingerprint density at radius 1 is 1.33 bits per heavy atom. The topological polar surface area (TPSA) is 41.7 Å². The van der Waals surface area contributed by atoms with E-state index < -0.39 is 0 Å². The van der Waals surface area contributed by atoms with Crippen molar-refractivity contribution in [2.45, 2.75) is 37.3 Å². The van der Waals surface area contributed by atoms with E-state index in [4.69, 9.17) is 10.5 Å². The molecule has 106 valence electrons. The van der Waals surface area contributed by atoms with E-state index >= 15 is 0 Å². The van der Waals surface area contributed by atoms with E-state index in [9.17, 15) is 0 Å². The Morgan fingerprint density at radius 3 is 2.56 bits per heavy atom. The molecule has 0 bridgehead atoms. The van der Waals surface area contributed by atoms with Crippen LogP contribution in [0.1, 0.15) is 25.7 Å². The first kappa shape index (κ1) is 14.3. The number of ether oxygens (including phenoxy) is 1. The molecule has 1 saturated carbocycles. The highest BCUT2D eigenvalue weighted by atomic mass is 16.5. The number of methoxy groups -OCH3 is 1. The minimum Gasteiger partial charge on any atom is -0.383 e. The van der Waals surface area contributed by atoms with Crippen LogP contribution in [0.25, 0.3) is 0 Å². The molecule has 0 aromatic heterocycles. The molecule has 2 rings (SSSR count). The molecular formula is C14H29N3O. The fourth-order valence-corrected chi connectivity index (χ4v) is 3.47. The zero-order valence-corrected chi connectivity index (χ0v) is 12.2. The van der Waals surface area contributed by atoms with Gasteiger partial charge < -0.3 is 15.4 Å². The summed E-state index contributed by atoms with van der Waals surface area (Å²) in [6.07, 6.45) is 5.23. The second kappa shape index (κ2) is 5.87. The summed E-state index contributed by atoms with van der Waals surface area (Å²) in [6.45, 7) is 3.84. The lowest BCUT2D eigenvalue weighted by Gasteiger charge is -2.48. The Labute approximate surface area is 111 Å². The molecule has 1 aliphatic carbocycles. The summed E-state index contributed by atoms with van der Waals surface area (Å²) in [4.78, 5) is 4.98. The summed E-state index contributed by atoms with van der Waals surface area (Å²) >= 11 is 0. The first-order chi connectivity index (χ1) is 8.64. The van der Waals surface area contributed by atoms with Gasteiger partial charge in [0.15, 0.2) is 0 Å². The van der Waals surface area contributed by atoms with Crippen molar-refractivity contribution in [2.75, 3.05) is 47.4 Å². The maximum absolute atomic E-state index is 6.15. The molecule has 1 saturated heterocycles. The first-order valence-corrected chi connectivity index (χ1v) is 7.24. The molecule has 2 unspecified atom stereocenters. The summed E-state index contributed by atoms with van der Waals surface area (Å²) in [7, 11) is 6.18. The molecular weight excluding hydrogens is 226 g/mol. The van der Waals surface area contributed by atoms with Crippen molar-refractivity contribution in [1.82, 2.24) is 9.80 Å². The Hall–Kier alpha value is -0.160. The zero-order chi connectivity index (χ0) is 13.2. The lowest BCUT2D eigenvalue weighted by Crippen LogP contribution is -2.63. The largest absolute Gasteiger partial charge is 0.383 e. The Morgan fingerprint density at radius 2 is 2.06 bits per heavy atom. The van der Waals surface area contributed by atoms with Crippen LogP contribution in [0, 0.1) is 5.92 Å². The Bertz CT molecular complexity index is 268. The van der Waals surface area contributed by atoms with Crippen LogP contribution in [0.3, 0.4) is 0 Å². The number of hydrogen-bond donors (Lipinski definition) is 1. The maximum Gasteiger partial charge on any atom is 0.0661 e. The zero-order valence-electron chi connectivity index (χ0n) is 12.2. The number of piperidine rings is 1. The van der Waals surface area contributed by atoms with Crippen molar-refractivity contribution >= 4 is 0 Å². The van der Waals surface area contributed by atoms with Crippen molar-refractivity contribution in [3.05, 3.63) is 0 Å². The quantitative estimate of drug-likeness (QED) is 0.761. The van der Waals surface area contributed by atoms with Gasteiger partial charge in [0.05, 0.1) is 12.1 Å². The number of hydrogen-bond acceptors (Lipinski definition) is 4. The first-order valence-electron chi connectivity index (χ1n) is 7.24. The predicted molar refractivity (Wildman–Crippen MR) is 74.7 cm³/mol. The lowest BCUT2D eigenvalue weighted by molar-refractivity contribution is -0.0280. The molecule has 18 heavy (non-hydrogen) atoms. The van der Waals surface area contributed by atoms with Gasteiger partial charge in [-0.2, -0.15) is 0 Å². The molecule has 4 heteroatoms. The predicted octanol–water partition coefficient (Wildman–Crippen LogP) is 0.766. The maximum atomic E-state index is 6.15. The normalized spacial score (nSPS) is 29.5. The molecule has 2 N–H and O–H groups in total. The van der Waals surface area contributed by atoms with Gasteiger partial charge >= 0.3 is 0 Å². The molecule has 4 nitrogen and oxygen atoms in total. The van der Waals surface area contributed by atoms with Gasteiger partial charge in [-0.15, -0.1) is 0 Å². The van der Waals surface area contributed by atoms with Crippen LogP contribution < -0.4 is 5.73 Å². The van der Waals surface area contributed by atoms with Gasteiger partial charge in [-0.1, -0.05) is 0 Å². The average molecular weight is 255 g/mol. The second-order valence-corrected chi connectivity index (χ2v) is 6.22. The van der Waals surface area contributed by atoms with Crippen molar-refractivity contribution in [1.29, 1.82) is 0 Å². The third-order valence-electron chi connectivity index (χ3n) is 4.84. The Kier molecular flexibility index (Phi) is 4.64. The molecule has 0 amide bonds. The van der Waals surface area contributed by atoms with Gasteiger partial charge in [0.2, 0.25) is 0 Å². The highest BCUT2D eigenvalue weighted by molar-refractivity contribution is 5.05. The third kappa shape index (κ3) is 2.72. The highest BCUT2D eigenvalue weighted by Crippen LogP contribution is 2.44. The van der Waals surface area contributed by atoms with E-state index in [-0.39, 0.29) is 5.54 Å².